The number of thiocarbonyl (C=S) groups is 1. The summed E-state index contributed by atoms with van der Waals surface area (Å²) in [4.78, 5) is 13.3. The van der Waals surface area contributed by atoms with Crippen LogP contribution in [0.5, 0.6) is 5.88 Å². The summed E-state index contributed by atoms with van der Waals surface area (Å²) in [5.41, 5.74) is 3.61. The van der Waals surface area contributed by atoms with E-state index in [1.165, 1.54) is 0 Å². The van der Waals surface area contributed by atoms with Crippen LogP contribution in [0.2, 0.25) is 0 Å². The van der Waals surface area contributed by atoms with Gasteiger partial charge in [-0.1, -0.05) is 19.9 Å². The summed E-state index contributed by atoms with van der Waals surface area (Å²) in [6.45, 7) is 6.88. The van der Waals surface area contributed by atoms with E-state index < -0.39 is 0 Å². The average Bonchev–Trinajstić information content (AvgIpc) is 2.93. The minimum atomic E-state index is 0.235. The number of aromatic nitrogens is 4. The zero-order valence-electron chi connectivity index (χ0n) is 20.6. The van der Waals surface area contributed by atoms with Crippen LogP contribution < -0.4 is 15.0 Å². The monoisotopic (exact) mass is 499 g/mol. The van der Waals surface area contributed by atoms with E-state index in [4.69, 9.17) is 17.0 Å². The number of hydrogen-bond donors (Lipinski definition) is 1. The Morgan fingerprint density at radius 1 is 1.03 bits per heavy atom. The number of hydrogen-bond acceptors (Lipinski definition) is 7. The lowest BCUT2D eigenvalue weighted by molar-refractivity contribution is 0.227. The molecule has 1 saturated heterocycles. The number of nitrogens with zero attached hydrogens (tertiary/aromatic N) is 6. The van der Waals surface area contributed by atoms with Crippen molar-refractivity contribution >= 4 is 39.7 Å². The topological polar surface area (TPSA) is 79.3 Å². The van der Waals surface area contributed by atoms with Gasteiger partial charge in [-0.2, -0.15) is 0 Å². The van der Waals surface area contributed by atoms with Crippen LogP contribution in [0.15, 0.2) is 67.0 Å². The predicted molar refractivity (Wildman–Crippen MR) is 147 cm³/mol. The molecule has 0 aliphatic carbocycles. The van der Waals surface area contributed by atoms with Gasteiger partial charge in [0.25, 0.3) is 0 Å². The molecule has 1 aliphatic heterocycles. The summed E-state index contributed by atoms with van der Waals surface area (Å²) >= 11 is 5.89. The quantitative estimate of drug-likeness (QED) is 0.395. The summed E-state index contributed by atoms with van der Waals surface area (Å²) in [6.07, 6.45) is 3.55. The normalized spacial score (nSPS) is 15.8. The van der Waals surface area contributed by atoms with Crippen molar-refractivity contribution < 1.29 is 4.74 Å². The van der Waals surface area contributed by atoms with E-state index >= 15 is 0 Å². The summed E-state index contributed by atoms with van der Waals surface area (Å²) in [7, 11) is 1.60. The number of fused-ring (bicyclic) bond motifs is 1. The van der Waals surface area contributed by atoms with Gasteiger partial charge in [-0.25, -0.2) is 4.98 Å². The molecule has 1 N–H and O–H groups in total. The molecular formula is C27H29N7OS. The summed E-state index contributed by atoms with van der Waals surface area (Å²) < 4.78 is 5.14. The van der Waals surface area contributed by atoms with Crippen LogP contribution >= 0.6 is 12.2 Å². The maximum atomic E-state index is 5.89. The third kappa shape index (κ3) is 4.92. The second-order valence-corrected chi connectivity index (χ2v) is 9.51. The van der Waals surface area contributed by atoms with Crippen LogP contribution in [0.1, 0.15) is 13.8 Å². The SMILES string of the molecule is COc1ccc(-c2ccc(N3CCN(C(=S)Nc4cccc5ncccc45)C(C(C)C)C3)nn2)cn1. The molecule has 1 atom stereocenters. The van der Waals surface area contributed by atoms with Crippen molar-refractivity contribution in [1.29, 1.82) is 0 Å². The van der Waals surface area contributed by atoms with Crippen molar-refractivity contribution in [3.05, 3.63) is 67.0 Å². The lowest BCUT2D eigenvalue weighted by Crippen LogP contribution is -2.58. The number of anilines is 2. The van der Waals surface area contributed by atoms with E-state index in [2.05, 4.69) is 55.2 Å². The summed E-state index contributed by atoms with van der Waals surface area (Å²) in [5, 5.41) is 14.3. The number of pyridine rings is 2. The number of rotatable bonds is 5. The molecule has 8 nitrogen and oxygen atoms in total. The third-order valence-corrected chi connectivity index (χ3v) is 6.89. The molecule has 3 aromatic heterocycles. The first-order valence-electron chi connectivity index (χ1n) is 12.0. The van der Waals surface area contributed by atoms with Crippen molar-refractivity contribution in [3.8, 4) is 17.1 Å². The molecule has 0 amide bonds. The lowest BCUT2D eigenvalue weighted by atomic mass is 10.00. The molecule has 0 bridgehead atoms. The van der Waals surface area contributed by atoms with E-state index in [1.807, 2.05) is 54.7 Å². The lowest BCUT2D eigenvalue weighted by Gasteiger charge is -2.45. The Kier molecular flexibility index (Phi) is 6.90. The van der Waals surface area contributed by atoms with Crippen LogP contribution in [-0.4, -0.2) is 63.0 Å². The second-order valence-electron chi connectivity index (χ2n) is 9.12. The molecule has 4 heterocycles. The zero-order chi connectivity index (χ0) is 25.1. The molecular weight excluding hydrogens is 470 g/mol. The number of piperazine rings is 1. The van der Waals surface area contributed by atoms with Gasteiger partial charge in [-0.3, -0.25) is 4.98 Å². The van der Waals surface area contributed by atoms with Crippen molar-refractivity contribution in [3.63, 3.8) is 0 Å². The van der Waals surface area contributed by atoms with Gasteiger partial charge in [-0.05, 0) is 60.6 Å². The number of nitrogens with one attached hydrogen (secondary N) is 1. The van der Waals surface area contributed by atoms with Gasteiger partial charge < -0.3 is 19.9 Å². The zero-order valence-corrected chi connectivity index (χ0v) is 21.4. The van der Waals surface area contributed by atoms with Crippen LogP contribution in [-0.2, 0) is 0 Å². The first-order chi connectivity index (χ1) is 17.5. The van der Waals surface area contributed by atoms with Gasteiger partial charge in [0.15, 0.2) is 10.9 Å². The van der Waals surface area contributed by atoms with Crippen molar-refractivity contribution in [2.45, 2.75) is 19.9 Å². The minimum absolute atomic E-state index is 0.235. The maximum Gasteiger partial charge on any atom is 0.212 e. The predicted octanol–water partition coefficient (Wildman–Crippen LogP) is 4.64. The first-order valence-corrected chi connectivity index (χ1v) is 12.4. The fourth-order valence-corrected chi connectivity index (χ4v) is 4.88. The van der Waals surface area contributed by atoms with Gasteiger partial charge in [0.1, 0.15) is 0 Å². The van der Waals surface area contributed by atoms with Crippen LogP contribution in [0.3, 0.4) is 0 Å². The highest BCUT2D eigenvalue weighted by atomic mass is 32.1. The summed E-state index contributed by atoms with van der Waals surface area (Å²) in [5.74, 6) is 1.84. The first kappa shape index (κ1) is 23.9. The highest BCUT2D eigenvalue weighted by Gasteiger charge is 2.31. The number of benzene rings is 1. The average molecular weight is 500 g/mol. The minimum Gasteiger partial charge on any atom is -0.481 e. The fraction of sp³-hybridized carbons (Fsp3) is 0.296. The molecule has 9 heteroatoms. The largest absolute Gasteiger partial charge is 0.481 e. The molecule has 1 unspecified atom stereocenters. The Balaban J connectivity index is 1.29. The Morgan fingerprint density at radius 3 is 2.64 bits per heavy atom. The molecule has 1 fully saturated rings. The Hall–Kier alpha value is -3.85. The highest BCUT2D eigenvalue weighted by molar-refractivity contribution is 7.80. The second kappa shape index (κ2) is 10.4. The molecule has 4 aromatic rings. The van der Waals surface area contributed by atoms with Gasteiger partial charge in [0.2, 0.25) is 5.88 Å². The molecule has 1 aliphatic rings. The number of ether oxygens (including phenoxy) is 1. The molecule has 1 aromatic carbocycles. The third-order valence-electron chi connectivity index (χ3n) is 6.55. The maximum absolute atomic E-state index is 5.89. The van der Waals surface area contributed by atoms with Crippen LogP contribution in [0, 0.1) is 5.92 Å². The van der Waals surface area contributed by atoms with Crippen molar-refractivity contribution in [2.24, 2.45) is 5.92 Å². The van der Waals surface area contributed by atoms with Crippen molar-refractivity contribution in [1.82, 2.24) is 25.1 Å². The van der Waals surface area contributed by atoms with E-state index in [9.17, 15) is 0 Å². The smallest absolute Gasteiger partial charge is 0.212 e. The van der Waals surface area contributed by atoms with Gasteiger partial charge in [-0.15, -0.1) is 10.2 Å². The molecule has 0 radical (unpaired) electrons. The molecule has 36 heavy (non-hydrogen) atoms. The molecule has 5 rings (SSSR count). The van der Waals surface area contributed by atoms with Crippen LogP contribution in [0.25, 0.3) is 22.2 Å². The van der Waals surface area contributed by atoms with E-state index in [0.717, 1.165) is 58.4 Å². The molecule has 0 saturated carbocycles. The standard InChI is InChI=1S/C27H29N7OS/c1-18(2)24-17-33(25-11-10-21(31-32-25)19-9-12-26(35-3)29-16-19)14-15-34(24)27(36)30-23-8-4-7-22-20(23)6-5-13-28-22/h4-13,16,18,24H,14-15,17H2,1-3H3,(H,30,36). The van der Waals surface area contributed by atoms with Crippen molar-refractivity contribution in [2.75, 3.05) is 37.0 Å². The van der Waals surface area contributed by atoms with Crippen LogP contribution in [0.4, 0.5) is 11.5 Å². The highest BCUT2D eigenvalue weighted by Crippen LogP contribution is 2.26. The van der Waals surface area contributed by atoms with Gasteiger partial charge in [0, 0.05) is 54.7 Å². The van der Waals surface area contributed by atoms with E-state index in [-0.39, 0.29) is 6.04 Å². The molecule has 0 spiro atoms. The van der Waals surface area contributed by atoms with Gasteiger partial charge >= 0.3 is 0 Å². The Morgan fingerprint density at radius 2 is 1.92 bits per heavy atom. The van der Waals surface area contributed by atoms with E-state index in [1.54, 1.807) is 13.3 Å². The van der Waals surface area contributed by atoms with Gasteiger partial charge in [0.05, 0.1) is 24.4 Å². The Bertz CT molecular complexity index is 1340. The van der Waals surface area contributed by atoms with E-state index in [0.29, 0.717) is 11.8 Å². The fourth-order valence-electron chi connectivity index (χ4n) is 4.54. The number of methoxy groups -OCH3 is 1. The Labute approximate surface area is 216 Å². The molecule has 184 valence electrons. The summed E-state index contributed by atoms with van der Waals surface area (Å²) in [6, 6.07) is 18.1.